The summed E-state index contributed by atoms with van der Waals surface area (Å²) in [4.78, 5) is 27.1. The molecule has 0 saturated heterocycles. The minimum atomic E-state index is -4.28. The number of allylic oxidation sites excluding steroid dienone is 1. The number of nitrogens with two attached hydrogens (primary N) is 1. The first-order valence-electron chi connectivity index (χ1n) is 12.1. The Morgan fingerprint density at radius 3 is 2.35 bits per heavy atom. The lowest BCUT2D eigenvalue weighted by Crippen LogP contribution is -2.41. The van der Waals surface area contributed by atoms with Crippen LogP contribution in [0.3, 0.4) is 0 Å². The van der Waals surface area contributed by atoms with Crippen LogP contribution in [0.4, 0.5) is 0 Å². The summed E-state index contributed by atoms with van der Waals surface area (Å²) in [5, 5.41) is 0. The van der Waals surface area contributed by atoms with Gasteiger partial charge in [-0.15, -0.1) is 11.3 Å². The second kappa shape index (κ2) is 11.3. The molecule has 0 radical (unpaired) electrons. The Kier molecular flexibility index (Phi) is 8.01. The van der Waals surface area contributed by atoms with E-state index >= 15 is 0 Å². The smallest absolute Gasteiger partial charge is 0.338 e. The molecule has 3 aromatic carbocycles. The molecule has 204 valence electrons. The first kappa shape index (κ1) is 28.3. The Hall–Kier alpha value is -3.25. The van der Waals surface area contributed by atoms with Crippen molar-refractivity contribution in [3.05, 3.63) is 123 Å². The van der Waals surface area contributed by atoms with E-state index in [1.54, 1.807) is 55.5 Å². The maximum absolute atomic E-state index is 14.2. The molecule has 1 aliphatic heterocycles. The average molecular weight is 702 g/mol. The van der Waals surface area contributed by atoms with Gasteiger partial charge in [0.05, 0.1) is 27.5 Å². The minimum Gasteiger partial charge on any atom is -0.463 e. The monoisotopic (exact) mass is 700 g/mol. The van der Waals surface area contributed by atoms with Gasteiger partial charge in [0.2, 0.25) is 9.84 Å². The number of hydrogen-bond acceptors (Lipinski definition) is 7. The average Bonchev–Trinajstić information content (AvgIpc) is 3.24. The van der Waals surface area contributed by atoms with Gasteiger partial charge in [-0.05, 0) is 60.5 Å². The highest BCUT2D eigenvalue weighted by Crippen LogP contribution is 2.42. The van der Waals surface area contributed by atoms with E-state index in [0.717, 1.165) is 25.9 Å². The molecule has 0 unspecified atom stereocenters. The number of carbonyl (C=O) groups is 1. The molecular weight excluding hydrogens is 680 g/mol. The fourth-order valence-corrected chi connectivity index (χ4v) is 8.28. The molecule has 0 aliphatic carbocycles. The minimum absolute atomic E-state index is 0.0104. The van der Waals surface area contributed by atoms with Crippen LogP contribution in [-0.2, 0) is 19.4 Å². The maximum Gasteiger partial charge on any atom is 0.338 e. The number of ether oxygens (including phenoxy) is 1. The van der Waals surface area contributed by atoms with Gasteiger partial charge in [-0.3, -0.25) is 9.36 Å². The normalized spacial score (nSPS) is 15.7. The zero-order chi connectivity index (χ0) is 28.6. The van der Waals surface area contributed by atoms with Crippen LogP contribution in [0.25, 0.3) is 17.5 Å². The summed E-state index contributed by atoms with van der Waals surface area (Å²) in [5.74, 6) is -2.12. The van der Waals surface area contributed by atoms with Crippen LogP contribution in [0.5, 0.6) is 0 Å². The summed E-state index contributed by atoms with van der Waals surface area (Å²) in [6, 6.07) is 22.2. The number of fused-ring (bicyclic) bond motifs is 1. The molecule has 11 heteroatoms. The van der Waals surface area contributed by atoms with E-state index in [1.807, 2.05) is 24.3 Å². The van der Waals surface area contributed by atoms with Crippen molar-refractivity contribution >= 4 is 76.5 Å². The number of nitrogens with zero attached hydrogens (tertiary/aromatic N) is 1. The van der Waals surface area contributed by atoms with E-state index < -0.39 is 27.3 Å². The SMILES string of the molecule is CCOC(=O)C1=c2s/c(=C\c3cccc(Br)c3)c(=O)n2C(N)=C(S(=O)(=O)c2ccccc2)[C@@H]1c1cccc(Br)c1. The van der Waals surface area contributed by atoms with Crippen LogP contribution in [0.15, 0.2) is 102 Å². The third-order valence-corrected chi connectivity index (χ3v) is 10.3. The van der Waals surface area contributed by atoms with Crippen molar-refractivity contribution in [1.82, 2.24) is 4.57 Å². The van der Waals surface area contributed by atoms with E-state index in [-0.39, 0.29) is 37.0 Å². The second-order valence-corrected chi connectivity index (χ2v) is 13.6. The standard InChI is InChI=1S/C29H22Br2N2O5S2/c1-2-38-29(35)24-23(18-9-7-11-20(31)16-18)25(40(36,37)21-12-4-3-5-13-21)26(32)33-27(34)22(39-28(24)33)15-17-8-6-10-19(30)14-17/h3-16,23H,2,32H2,1H3/b22-15-/t23-/m1/s1. The van der Waals surface area contributed by atoms with Crippen LogP contribution >= 0.6 is 43.2 Å². The van der Waals surface area contributed by atoms with Gasteiger partial charge in [-0.25, -0.2) is 13.2 Å². The Morgan fingerprint density at radius 2 is 1.70 bits per heavy atom. The van der Waals surface area contributed by atoms with Crippen LogP contribution in [0.2, 0.25) is 0 Å². The molecule has 7 nitrogen and oxygen atoms in total. The van der Waals surface area contributed by atoms with Gasteiger partial charge in [0, 0.05) is 8.95 Å². The third kappa shape index (κ3) is 5.14. The molecule has 0 bridgehead atoms. The van der Waals surface area contributed by atoms with Gasteiger partial charge in [-0.1, -0.05) is 74.3 Å². The van der Waals surface area contributed by atoms with E-state index in [2.05, 4.69) is 31.9 Å². The molecule has 1 atom stereocenters. The highest BCUT2D eigenvalue weighted by Gasteiger charge is 2.42. The first-order chi connectivity index (χ1) is 19.1. The van der Waals surface area contributed by atoms with Gasteiger partial charge in [0.1, 0.15) is 15.4 Å². The summed E-state index contributed by atoms with van der Waals surface area (Å²) < 4.78 is 37.0. The first-order valence-corrected chi connectivity index (χ1v) is 16.0. The summed E-state index contributed by atoms with van der Waals surface area (Å²) in [5.41, 5.74) is 7.35. The molecule has 2 N–H and O–H groups in total. The number of halogens is 2. The number of thiazole rings is 1. The van der Waals surface area contributed by atoms with Crippen LogP contribution in [-0.4, -0.2) is 25.6 Å². The quantitative estimate of drug-likeness (QED) is 0.300. The summed E-state index contributed by atoms with van der Waals surface area (Å²) in [7, 11) is -4.28. The molecule has 0 spiro atoms. The third-order valence-electron chi connectivity index (χ3n) is 6.27. The molecule has 0 fully saturated rings. The van der Waals surface area contributed by atoms with Crippen molar-refractivity contribution in [2.45, 2.75) is 17.7 Å². The number of rotatable bonds is 6. The maximum atomic E-state index is 14.2. The molecule has 5 rings (SSSR count). The predicted molar refractivity (Wildman–Crippen MR) is 163 cm³/mol. The van der Waals surface area contributed by atoms with Gasteiger partial charge >= 0.3 is 5.97 Å². The van der Waals surface area contributed by atoms with Crippen molar-refractivity contribution in [3.63, 3.8) is 0 Å². The van der Waals surface area contributed by atoms with Gasteiger partial charge < -0.3 is 10.5 Å². The fraction of sp³-hybridized carbons (Fsp3) is 0.103. The van der Waals surface area contributed by atoms with Crippen molar-refractivity contribution in [1.29, 1.82) is 0 Å². The Morgan fingerprint density at radius 1 is 1.02 bits per heavy atom. The summed E-state index contributed by atoms with van der Waals surface area (Å²) >= 11 is 7.95. The van der Waals surface area contributed by atoms with Crippen LogP contribution in [0.1, 0.15) is 24.0 Å². The molecule has 2 heterocycles. The van der Waals surface area contributed by atoms with Crippen LogP contribution < -0.4 is 20.5 Å². The molecule has 0 saturated carbocycles. The lowest BCUT2D eigenvalue weighted by Gasteiger charge is -2.28. The van der Waals surface area contributed by atoms with Gasteiger partial charge in [-0.2, -0.15) is 0 Å². The highest BCUT2D eigenvalue weighted by atomic mass is 79.9. The van der Waals surface area contributed by atoms with Crippen molar-refractivity contribution in [3.8, 4) is 0 Å². The zero-order valence-corrected chi connectivity index (χ0v) is 25.8. The number of esters is 1. The van der Waals surface area contributed by atoms with E-state index in [9.17, 15) is 18.0 Å². The summed E-state index contributed by atoms with van der Waals surface area (Å²) in [6.07, 6.45) is 1.68. The highest BCUT2D eigenvalue weighted by molar-refractivity contribution is 9.10. The number of sulfone groups is 1. The Balaban J connectivity index is 1.94. The molecule has 4 aromatic rings. The van der Waals surface area contributed by atoms with Crippen molar-refractivity contribution in [2.75, 3.05) is 6.61 Å². The Bertz CT molecular complexity index is 1960. The van der Waals surface area contributed by atoms with Crippen molar-refractivity contribution < 1.29 is 17.9 Å². The van der Waals surface area contributed by atoms with E-state index in [1.165, 1.54) is 12.1 Å². The summed E-state index contributed by atoms with van der Waals surface area (Å²) in [6.45, 7) is 1.72. The van der Waals surface area contributed by atoms with Crippen molar-refractivity contribution in [2.24, 2.45) is 5.73 Å². The topological polar surface area (TPSA) is 108 Å². The predicted octanol–water partition coefficient (Wildman–Crippen LogP) is 4.33. The molecule has 40 heavy (non-hydrogen) atoms. The second-order valence-electron chi connectivity index (χ2n) is 8.80. The number of benzene rings is 3. The Labute approximate surface area is 251 Å². The lowest BCUT2D eigenvalue weighted by molar-refractivity contribution is -0.136. The molecule has 1 aromatic heterocycles. The van der Waals surface area contributed by atoms with E-state index in [0.29, 0.717) is 10.0 Å². The largest absolute Gasteiger partial charge is 0.463 e. The number of hydrogen-bond donors (Lipinski definition) is 1. The zero-order valence-electron chi connectivity index (χ0n) is 21.0. The van der Waals surface area contributed by atoms with Crippen LogP contribution in [0, 0.1) is 0 Å². The molecule has 0 amide bonds. The number of carbonyl (C=O) groups excluding carboxylic acids is 1. The van der Waals surface area contributed by atoms with E-state index in [4.69, 9.17) is 10.5 Å². The molecule has 1 aliphatic rings. The van der Waals surface area contributed by atoms with Gasteiger partial charge in [0.25, 0.3) is 5.56 Å². The fourth-order valence-electron chi connectivity index (χ4n) is 4.58. The lowest BCUT2D eigenvalue weighted by atomic mass is 9.89. The van der Waals surface area contributed by atoms with Gasteiger partial charge in [0.15, 0.2) is 0 Å². The number of aromatic nitrogens is 1. The molecular formula is C29H22Br2N2O5S2.